The molecule has 1 atom stereocenters. The number of ether oxygens (including phenoxy) is 1. The fraction of sp³-hybridized carbons (Fsp3) is 1.00. The van der Waals surface area contributed by atoms with Gasteiger partial charge in [-0.1, -0.05) is 13.8 Å². The number of hydrogen-bond acceptors (Lipinski definition) is 4. The average molecular weight is 258 g/mol. The first-order chi connectivity index (χ1) is 8.43. The molecule has 0 aromatic carbocycles. The normalized spacial score (nSPS) is 21.8. The molecule has 1 unspecified atom stereocenters. The zero-order chi connectivity index (χ0) is 13.6. The van der Waals surface area contributed by atoms with Gasteiger partial charge in [-0.15, -0.1) is 0 Å². The molecule has 1 aliphatic heterocycles. The number of morpholine rings is 1. The molecule has 0 bridgehead atoms. The van der Waals surface area contributed by atoms with Crippen molar-refractivity contribution in [3.8, 4) is 0 Å². The minimum Gasteiger partial charge on any atom is -0.396 e. The number of hydrogen-bond donors (Lipinski definition) is 2. The van der Waals surface area contributed by atoms with Crippen LogP contribution in [0, 0.1) is 5.41 Å². The van der Waals surface area contributed by atoms with Crippen LogP contribution in [0.25, 0.3) is 0 Å². The Morgan fingerprint density at radius 1 is 1.17 bits per heavy atom. The van der Waals surface area contributed by atoms with E-state index in [2.05, 4.69) is 37.9 Å². The van der Waals surface area contributed by atoms with Gasteiger partial charge in [-0.25, -0.2) is 0 Å². The first-order valence-corrected chi connectivity index (χ1v) is 7.08. The Bertz CT molecular complexity index is 234. The third-order valence-electron chi connectivity index (χ3n) is 4.21. The molecular formula is C14H30N2O2. The molecule has 0 aliphatic carbocycles. The largest absolute Gasteiger partial charge is 0.396 e. The van der Waals surface area contributed by atoms with Gasteiger partial charge < -0.3 is 15.2 Å². The average Bonchev–Trinajstić information content (AvgIpc) is 2.39. The van der Waals surface area contributed by atoms with E-state index >= 15 is 0 Å². The zero-order valence-electron chi connectivity index (χ0n) is 12.5. The van der Waals surface area contributed by atoms with Crippen LogP contribution in [0.15, 0.2) is 0 Å². The molecule has 0 radical (unpaired) electrons. The van der Waals surface area contributed by atoms with Gasteiger partial charge in [0.25, 0.3) is 0 Å². The van der Waals surface area contributed by atoms with E-state index in [1.165, 1.54) is 0 Å². The van der Waals surface area contributed by atoms with Crippen LogP contribution in [0.5, 0.6) is 0 Å². The summed E-state index contributed by atoms with van der Waals surface area (Å²) in [4.78, 5) is 2.48. The molecule has 4 heteroatoms. The molecule has 2 N–H and O–H groups in total. The third-order valence-corrected chi connectivity index (χ3v) is 4.21. The van der Waals surface area contributed by atoms with Gasteiger partial charge >= 0.3 is 0 Å². The minimum absolute atomic E-state index is 0.00108. The van der Waals surface area contributed by atoms with E-state index in [0.717, 1.165) is 45.8 Å². The highest BCUT2D eigenvalue weighted by Gasteiger charge is 2.29. The lowest BCUT2D eigenvalue weighted by Crippen LogP contribution is -2.55. The van der Waals surface area contributed by atoms with Crippen LogP contribution in [0.3, 0.4) is 0 Å². The smallest absolute Gasteiger partial charge is 0.0594 e. The molecule has 18 heavy (non-hydrogen) atoms. The van der Waals surface area contributed by atoms with E-state index in [1.807, 2.05) is 0 Å². The molecule has 0 aromatic rings. The monoisotopic (exact) mass is 258 g/mol. The molecule has 108 valence electrons. The van der Waals surface area contributed by atoms with Gasteiger partial charge in [-0.05, 0) is 20.3 Å². The number of rotatable bonds is 7. The van der Waals surface area contributed by atoms with Crippen LogP contribution >= 0.6 is 0 Å². The number of nitrogens with one attached hydrogen (secondary N) is 1. The summed E-state index contributed by atoms with van der Waals surface area (Å²) < 4.78 is 5.39. The van der Waals surface area contributed by atoms with Crippen molar-refractivity contribution in [1.29, 1.82) is 0 Å². The summed E-state index contributed by atoms with van der Waals surface area (Å²) in [6, 6.07) is 0. The van der Waals surface area contributed by atoms with Crippen molar-refractivity contribution in [2.24, 2.45) is 5.41 Å². The second-order valence-electron chi connectivity index (χ2n) is 6.34. The van der Waals surface area contributed by atoms with Crippen LogP contribution in [-0.2, 0) is 4.74 Å². The molecular weight excluding hydrogens is 228 g/mol. The van der Waals surface area contributed by atoms with Gasteiger partial charge in [0.2, 0.25) is 0 Å². The Balaban J connectivity index is 2.36. The lowest BCUT2D eigenvalue weighted by molar-refractivity contribution is -0.0107. The molecule has 1 heterocycles. The van der Waals surface area contributed by atoms with E-state index in [-0.39, 0.29) is 17.6 Å². The molecule has 1 aliphatic rings. The molecule has 1 saturated heterocycles. The molecule has 0 aromatic heterocycles. The first-order valence-electron chi connectivity index (χ1n) is 7.08. The standard InChI is InChI=1S/C14H30N2O2/c1-5-14(4,12-17)11-15-10-13(2,3)16-6-8-18-9-7-16/h15,17H,5-12H2,1-4H3. The summed E-state index contributed by atoms with van der Waals surface area (Å²) >= 11 is 0. The Morgan fingerprint density at radius 3 is 2.28 bits per heavy atom. The van der Waals surface area contributed by atoms with Crippen molar-refractivity contribution >= 4 is 0 Å². The molecule has 1 rings (SSSR count). The Morgan fingerprint density at radius 2 is 1.78 bits per heavy atom. The summed E-state index contributed by atoms with van der Waals surface area (Å²) in [6.07, 6.45) is 0.995. The lowest BCUT2D eigenvalue weighted by Gasteiger charge is -2.41. The van der Waals surface area contributed by atoms with Crippen molar-refractivity contribution in [3.63, 3.8) is 0 Å². The minimum atomic E-state index is 0.00108. The first kappa shape index (κ1) is 15.9. The van der Waals surface area contributed by atoms with Crippen molar-refractivity contribution in [3.05, 3.63) is 0 Å². The maximum absolute atomic E-state index is 9.40. The summed E-state index contributed by atoms with van der Waals surface area (Å²) in [7, 11) is 0. The molecule has 1 fully saturated rings. The number of aliphatic hydroxyl groups excluding tert-OH is 1. The van der Waals surface area contributed by atoms with Crippen molar-refractivity contribution in [1.82, 2.24) is 10.2 Å². The SMILES string of the molecule is CCC(C)(CO)CNCC(C)(C)N1CCOCC1. The van der Waals surface area contributed by atoms with Gasteiger partial charge in [-0.2, -0.15) is 0 Å². The maximum atomic E-state index is 9.40. The van der Waals surface area contributed by atoms with Crippen molar-refractivity contribution < 1.29 is 9.84 Å². The highest BCUT2D eigenvalue weighted by atomic mass is 16.5. The van der Waals surface area contributed by atoms with Gasteiger partial charge in [0.1, 0.15) is 0 Å². The Labute approximate surface area is 112 Å². The number of aliphatic hydroxyl groups is 1. The van der Waals surface area contributed by atoms with E-state index < -0.39 is 0 Å². The number of nitrogens with zero attached hydrogens (tertiary/aromatic N) is 1. The predicted molar refractivity (Wildman–Crippen MR) is 74.8 cm³/mol. The van der Waals surface area contributed by atoms with E-state index in [9.17, 15) is 5.11 Å². The lowest BCUT2D eigenvalue weighted by atomic mass is 9.88. The fourth-order valence-electron chi connectivity index (χ4n) is 2.24. The summed E-state index contributed by atoms with van der Waals surface area (Å²) in [5, 5.41) is 12.9. The summed E-state index contributed by atoms with van der Waals surface area (Å²) in [6.45, 7) is 14.6. The van der Waals surface area contributed by atoms with Crippen molar-refractivity contribution in [2.45, 2.75) is 39.7 Å². The van der Waals surface area contributed by atoms with Crippen LogP contribution < -0.4 is 5.32 Å². The van der Waals surface area contributed by atoms with Crippen LogP contribution in [0.2, 0.25) is 0 Å². The van der Waals surface area contributed by atoms with E-state index in [1.54, 1.807) is 0 Å². The second-order valence-corrected chi connectivity index (χ2v) is 6.34. The van der Waals surface area contributed by atoms with E-state index in [0.29, 0.717) is 0 Å². The highest BCUT2D eigenvalue weighted by Crippen LogP contribution is 2.20. The van der Waals surface area contributed by atoms with Gasteiger partial charge in [-0.3, -0.25) is 4.90 Å². The van der Waals surface area contributed by atoms with Gasteiger partial charge in [0.05, 0.1) is 13.2 Å². The third kappa shape index (κ3) is 4.50. The Kier molecular flexibility index (Phi) is 6.05. The topological polar surface area (TPSA) is 44.7 Å². The molecule has 4 nitrogen and oxygen atoms in total. The van der Waals surface area contributed by atoms with Crippen LogP contribution in [0.1, 0.15) is 34.1 Å². The van der Waals surface area contributed by atoms with Gasteiger partial charge in [0, 0.05) is 43.7 Å². The van der Waals surface area contributed by atoms with E-state index in [4.69, 9.17) is 4.74 Å². The van der Waals surface area contributed by atoms with Gasteiger partial charge in [0.15, 0.2) is 0 Å². The van der Waals surface area contributed by atoms with Crippen LogP contribution in [0.4, 0.5) is 0 Å². The summed E-state index contributed by atoms with van der Waals surface area (Å²) in [5.74, 6) is 0. The molecule has 0 spiro atoms. The maximum Gasteiger partial charge on any atom is 0.0594 e. The highest BCUT2D eigenvalue weighted by molar-refractivity contribution is 4.86. The van der Waals surface area contributed by atoms with Crippen LogP contribution in [-0.4, -0.2) is 61.5 Å². The Hall–Kier alpha value is -0.160. The quantitative estimate of drug-likeness (QED) is 0.718. The molecule has 0 amide bonds. The second kappa shape index (κ2) is 6.85. The zero-order valence-corrected chi connectivity index (χ0v) is 12.5. The molecule has 0 saturated carbocycles. The summed E-state index contributed by atoms with van der Waals surface area (Å²) in [5.41, 5.74) is 0.148. The fourth-order valence-corrected chi connectivity index (χ4v) is 2.24. The predicted octanol–water partition coefficient (Wildman–Crippen LogP) is 1.10. The van der Waals surface area contributed by atoms with Crippen molar-refractivity contribution in [2.75, 3.05) is 46.0 Å².